The van der Waals surface area contributed by atoms with E-state index in [1.165, 1.54) is 24.8 Å². The molecule has 5 rings (SSSR count). The molecule has 0 aromatic heterocycles. The van der Waals surface area contributed by atoms with Crippen molar-refractivity contribution in [2.75, 3.05) is 13.2 Å². The monoisotopic (exact) mass is 400 g/mol. The van der Waals surface area contributed by atoms with Crippen LogP contribution in [0.1, 0.15) is 57.9 Å². The van der Waals surface area contributed by atoms with Gasteiger partial charge in [0.1, 0.15) is 12.4 Å². The predicted octanol–water partition coefficient (Wildman–Crippen LogP) is 4.24. The predicted molar refractivity (Wildman–Crippen MR) is 112 cm³/mol. The molecule has 2 unspecified atom stereocenters. The lowest BCUT2D eigenvalue weighted by Crippen LogP contribution is -2.59. The molecule has 0 aliphatic heterocycles. The van der Waals surface area contributed by atoms with E-state index >= 15 is 0 Å². The molecule has 0 spiro atoms. The van der Waals surface area contributed by atoms with Gasteiger partial charge in [-0.25, -0.2) is 4.39 Å². The zero-order chi connectivity index (χ0) is 20.6. The van der Waals surface area contributed by atoms with Gasteiger partial charge in [-0.15, -0.1) is 0 Å². The second-order valence-corrected chi connectivity index (χ2v) is 9.93. The number of ether oxygens (including phenoxy) is 1. The Hall–Kier alpha value is -1.88. The number of nitrogens with one attached hydrogen (secondary N) is 1. The number of rotatable bonds is 7. The Labute approximate surface area is 173 Å². The van der Waals surface area contributed by atoms with Crippen molar-refractivity contribution < 1.29 is 13.9 Å². The standard InChI is InChI=1S/C24H33FN2O2/c1-16(2)27-22(28)24-10-17-7-18(11-24)9-23(8-17,15-24)20-3-5-21(6-4-20)29-14-19(12-25)13-26/h3-6,12,16-18H,7-11,13-15,26H2,1-2H3,(H,27,28). The first kappa shape index (κ1) is 20.4. The van der Waals surface area contributed by atoms with Gasteiger partial charge in [-0.3, -0.25) is 4.79 Å². The molecule has 4 bridgehead atoms. The van der Waals surface area contributed by atoms with Crippen LogP contribution in [0.2, 0.25) is 0 Å². The van der Waals surface area contributed by atoms with Gasteiger partial charge in [0.15, 0.2) is 0 Å². The van der Waals surface area contributed by atoms with Gasteiger partial charge >= 0.3 is 0 Å². The zero-order valence-corrected chi connectivity index (χ0v) is 17.5. The van der Waals surface area contributed by atoms with E-state index < -0.39 is 0 Å². The second-order valence-electron chi connectivity index (χ2n) is 9.93. The summed E-state index contributed by atoms with van der Waals surface area (Å²) >= 11 is 0. The molecule has 1 aromatic rings. The lowest BCUT2D eigenvalue weighted by Gasteiger charge is -2.61. The van der Waals surface area contributed by atoms with Crippen LogP contribution in [0.5, 0.6) is 5.75 Å². The fourth-order valence-electron chi connectivity index (χ4n) is 6.50. The first-order valence-electron chi connectivity index (χ1n) is 10.9. The summed E-state index contributed by atoms with van der Waals surface area (Å²) in [6, 6.07) is 8.43. The summed E-state index contributed by atoms with van der Waals surface area (Å²) in [5.41, 5.74) is 7.14. The van der Waals surface area contributed by atoms with Crippen molar-refractivity contribution in [1.29, 1.82) is 0 Å². The Balaban J connectivity index is 1.54. The minimum atomic E-state index is -0.203. The summed E-state index contributed by atoms with van der Waals surface area (Å²) in [7, 11) is 0. The van der Waals surface area contributed by atoms with Crippen LogP contribution < -0.4 is 15.8 Å². The van der Waals surface area contributed by atoms with Crippen molar-refractivity contribution in [3.63, 3.8) is 0 Å². The van der Waals surface area contributed by atoms with E-state index in [9.17, 15) is 9.18 Å². The summed E-state index contributed by atoms with van der Waals surface area (Å²) in [5, 5.41) is 3.21. The molecule has 4 aliphatic rings. The largest absolute Gasteiger partial charge is 0.489 e. The maximum Gasteiger partial charge on any atom is 0.226 e. The zero-order valence-electron chi connectivity index (χ0n) is 17.5. The topological polar surface area (TPSA) is 64.3 Å². The lowest BCUT2D eigenvalue weighted by atomic mass is 9.42. The first-order valence-corrected chi connectivity index (χ1v) is 10.9. The molecule has 29 heavy (non-hydrogen) atoms. The number of carbonyl (C=O) groups is 1. The minimum Gasteiger partial charge on any atom is -0.489 e. The van der Waals surface area contributed by atoms with E-state index in [1.54, 1.807) is 0 Å². The van der Waals surface area contributed by atoms with E-state index in [-0.39, 0.29) is 35.9 Å². The highest BCUT2D eigenvalue weighted by molar-refractivity contribution is 5.83. The molecule has 3 N–H and O–H groups in total. The Morgan fingerprint density at radius 2 is 1.90 bits per heavy atom. The van der Waals surface area contributed by atoms with E-state index in [0.29, 0.717) is 23.7 Å². The average molecular weight is 401 g/mol. The third-order valence-electron chi connectivity index (χ3n) is 7.27. The van der Waals surface area contributed by atoms with Gasteiger partial charge in [0.2, 0.25) is 5.91 Å². The van der Waals surface area contributed by atoms with Gasteiger partial charge in [0.05, 0.1) is 11.7 Å². The van der Waals surface area contributed by atoms with Gasteiger partial charge in [-0.2, -0.15) is 0 Å². The summed E-state index contributed by atoms with van der Waals surface area (Å²) in [4.78, 5) is 13.2. The number of benzene rings is 1. The van der Waals surface area contributed by atoms with Crippen molar-refractivity contribution >= 4 is 5.91 Å². The minimum absolute atomic E-state index is 0.0954. The van der Waals surface area contributed by atoms with Crippen molar-refractivity contribution in [1.82, 2.24) is 5.32 Å². The summed E-state index contributed by atoms with van der Waals surface area (Å²) in [6.07, 6.45) is 7.20. The number of amides is 1. The van der Waals surface area contributed by atoms with Crippen LogP contribution in [0, 0.1) is 17.3 Å². The van der Waals surface area contributed by atoms with Crippen LogP contribution in [-0.4, -0.2) is 25.1 Å². The van der Waals surface area contributed by atoms with E-state index in [0.717, 1.165) is 25.0 Å². The molecule has 0 heterocycles. The van der Waals surface area contributed by atoms with Gasteiger partial charge in [0, 0.05) is 18.2 Å². The summed E-state index contributed by atoms with van der Waals surface area (Å²) in [5.74, 6) is 2.27. The summed E-state index contributed by atoms with van der Waals surface area (Å²) < 4.78 is 18.3. The smallest absolute Gasteiger partial charge is 0.226 e. The van der Waals surface area contributed by atoms with Gasteiger partial charge in [0.25, 0.3) is 0 Å². The first-order chi connectivity index (χ1) is 13.9. The molecule has 4 nitrogen and oxygen atoms in total. The molecule has 0 saturated heterocycles. The quantitative estimate of drug-likeness (QED) is 0.719. The molecule has 2 atom stereocenters. The van der Waals surface area contributed by atoms with Gasteiger partial charge in [-0.1, -0.05) is 12.1 Å². The van der Waals surface area contributed by atoms with Crippen molar-refractivity contribution in [2.24, 2.45) is 23.0 Å². The van der Waals surface area contributed by atoms with Crippen LogP contribution >= 0.6 is 0 Å². The number of carbonyl (C=O) groups excluding carboxylic acids is 1. The second kappa shape index (κ2) is 7.75. The number of hydrogen-bond donors (Lipinski definition) is 2. The number of hydrogen-bond acceptors (Lipinski definition) is 3. The fourth-order valence-corrected chi connectivity index (χ4v) is 6.50. The highest BCUT2D eigenvalue weighted by atomic mass is 19.1. The highest BCUT2D eigenvalue weighted by Crippen LogP contribution is 2.65. The van der Waals surface area contributed by atoms with E-state index in [2.05, 4.69) is 17.4 Å². The maximum absolute atomic E-state index is 13.2. The van der Waals surface area contributed by atoms with Crippen LogP contribution in [0.15, 0.2) is 36.2 Å². The molecule has 4 aliphatic carbocycles. The third-order valence-corrected chi connectivity index (χ3v) is 7.27. The Morgan fingerprint density at radius 3 is 2.45 bits per heavy atom. The SMILES string of the molecule is CC(C)NC(=O)C12CC3CC(C1)CC(c1ccc(OCC(=CF)CN)cc1)(C3)C2. The van der Waals surface area contributed by atoms with E-state index in [1.807, 2.05) is 26.0 Å². The average Bonchev–Trinajstić information content (AvgIpc) is 2.67. The number of halogens is 1. The molecule has 5 heteroatoms. The van der Waals surface area contributed by atoms with Crippen LogP contribution in [0.3, 0.4) is 0 Å². The van der Waals surface area contributed by atoms with Gasteiger partial charge in [-0.05, 0) is 87.3 Å². The fraction of sp³-hybridized carbons (Fsp3) is 0.625. The molecular weight excluding hydrogens is 367 g/mol. The van der Waals surface area contributed by atoms with Crippen LogP contribution in [0.4, 0.5) is 4.39 Å². The molecule has 1 amide bonds. The molecule has 1 aromatic carbocycles. The van der Waals surface area contributed by atoms with Crippen LogP contribution in [0.25, 0.3) is 0 Å². The normalized spacial score (nSPS) is 33.2. The lowest BCUT2D eigenvalue weighted by molar-refractivity contribution is -0.149. The molecule has 4 fully saturated rings. The van der Waals surface area contributed by atoms with Gasteiger partial charge < -0.3 is 15.8 Å². The van der Waals surface area contributed by atoms with Crippen molar-refractivity contribution in [3.05, 3.63) is 41.7 Å². The highest BCUT2D eigenvalue weighted by Gasteiger charge is 2.60. The molecule has 0 radical (unpaired) electrons. The Morgan fingerprint density at radius 1 is 1.24 bits per heavy atom. The van der Waals surface area contributed by atoms with Crippen LogP contribution in [-0.2, 0) is 10.2 Å². The van der Waals surface area contributed by atoms with Crippen molar-refractivity contribution in [3.8, 4) is 5.75 Å². The third kappa shape index (κ3) is 3.81. The molecule has 158 valence electrons. The Bertz CT molecular complexity index is 773. The van der Waals surface area contributed by atoms with E-state index in [4.69, 9.17) is 10.5 Å². The molecular formula is C24H33FN2O2. The number of nitrogens with two attached hydrogens (primary N) is 1. The summed E-state index contributed by atoms with van der Waals surface area (Å²) in [6.45, 7) is 4.41. The maximum atomic E-state index is 13.2. The molecule has 4 saturated carbocycles. The van der Waals surface area contributed by atoms with Crippen molar-refractivity contribution in [2.45, 2.75) is 63.8 Å². The Kier molecular flexibility index (Phi) is 5.45.